The van der Waals surface area contributed by atoms with E-state index < -0.39 is 57.8 Å². The molecule has 0 aromatic carbocycles. The van der Waals surface area contributed by atoms with Crippen molar-refractivity contribution in [1.82, 2.24) is 0 Å². The molecule has 0 rings (SSSR count). The van der Waals surface area contributed by atoms with Gasteiger partial charge in [0.25, 0.3) is 0 Å². The summed E-state index contributed by atoms with van der Waals surface area (Å²) in [5, 5.41) is 9.83. The molecule has 12 heteroatoms. The van der Waals surface area contributed by atoms with Gasteiger partial charge in [-0.25, -0.2) is 4.57 Å². The number of ether oxygens (including phenoxy) is 3. The highest BCUT2D eigenvalue weighted by atomic mass is 31.2. The summed E-state index contributed by atoms with van der Waals surface area (Å²) in [5.41, 5.74) is 0. The molecule has 0 saturated heterocycles. The second-order valence-corrected chi connectivity index (χ2v) is 21.6. The second kappa shape index (κ2) is 59.3. The topological polar surface area (TPSA) is 155 Å². The molecule has 0 bridgehead atoms. The van der Waals surface area contributed by atoms with Crippen LogP contribution in [0.15, 0.2) is 109 Å². The lowest BCUT2D eigenvalue weighted by Crippen LogP contribution is -2.30. The molecule has 0 amide bonds. The minimum atomic E-state index is -4.78. The Morgan fingerprint density at radius 3 is 1.12 bits per heavy atom. The molecule has 78 heavy (non-hydrogen) atoms. The van der Waals surface area contributed by atoms with Crippen LogP contribution in [0.3, 0.4) is 0 Å². The Hall–Kier alpha value is -3.86. The number of rotatable bonds is 56. The summed E-state index contributed by atoms with van der Waals surface area (Å²) >= 11 is 0. The van der Waals surface area contributed by atoms with Gasteiger partial charge in [0.05, 0.1) is 19.8 Å². The van der Waals surface area contributed by atoms with E-state index in [0.717, 1.165) is 116 Å². The maximum Gasteiger partial charge on any atom is 0.472 e. The van der Waals surface area contributed by atoms with Crippen LogP contribution >= 0.6 is 7.82 Å². The highest BCUT2D eigenvalue weighted by Gasteiger charge is 2.28. The average Bonchev–Trinajstić information content (AvgIpc) is 3.43. The van der Waals surface area contributed by atoms with Gasteiger partial charge in [-0.05, 0) is 116 Å². The molecule has 3 atom stereocenters. The Labute approximate surface area is 475 Å². The predicted molar refractivity (Wildman–Crippen MR) is 325 cm³/mol. The lowest BCUT2D eigenvalue weighted by molar-refractivity contribution is -0.161. The minimum Gasteiger partial charge on any atom is -0.462 e. The van der Waals surface area contributed by atoms with Gasteiger partial charge in [0.1, 0.15) is 12.7 Å². The van der Waals surface area contributed by atoms with Gasteiger partial charge in [-0.1, -0.05) is 226 Å². The monoisotopic (exact) mass is 1110 g/mol. The molecule has 0 heterocycles. The largest absolute Gasteiger partial charge is 0.472 e. The van der Waals surface area contributed by atoms with Crippen molar-refractivity contribution >= 4 is 25.7 Å². The lowest BCUT2D eigenvalue weighted by atomic mass is 10.1. The number of hydrogen-bond donors (Lipinski definition) is 2. The number of carbonyl (C=O) groups is 3. The summed E-state index contributed by atoms with van der Waals surface area (Å²) in [6.45, 7) is 4.41. The van der Waals surface area contributed by atoms with Gasteiger partial charge in [-0.3, -0.25) is 23.4 Å². The van der Waals surface area contributed by atoms with Crippen molar-refractivity contribution in [2.75, 3.05) is 26.4 Å². The van der Waals surface area contributed by atoms with Crippen molar-refractivity contribution in [3.05, 3.63) is 109 Å². The summed E-state index contributed by atoms with van der Waals surface area (Å²) < 4.78 is 39.5. The van der Waals surface area contributed by atoms with Gasteiger partial charge < -0.3 is 24.2 Å². The third-order valence-electron chi connectivity index (χ3n) is 12.7. The van der Waals surface area contributed by atoms with E-state index in [-0.39, 0.29) is 25.9 Å². The standard InChI is InChI=1S/C66H111O11P/c1-4-7-10-13-16-19-22-25-28-30-31-33-35-37-40-43-46-49-52-55-64(68)73-59-63(77-66(70)57-54-51-48-45-42-39-36-32-29-26-23-20-17-14-11-8-5-2)61-75-78(71,72)74-60-62(58-67)76-65(69)56-53-50-47-44-41-38-34-27-24-21-18-15-12-9-6-3/h7,10,16-17,19-20,25-29,31,33-34,37,40,46,49,62-63,67H,4-6,8-9,11-15,18,21-24,30,32,35-36,38-39,41-45,47-48,50-61H2,1-3H3,(H,71,72)/b10-7-,19-16-,20-17-,28-25-,29-26-,33-31-,34-27-,40-37-,49-46-. The molecule has 0 aliphatic heterocycles. The second-order valence-electron chi connectivity index (χ2n) is 20.1. The Morgan fingerprint density at radius 2 is 0.692 bits per heavy atom. The molecule has 0 aliphatic carbocycles. The molecule has 446 valence electrons. The van der Waals surface area contributed by atoms with Crippen LogP contribution in [0.1, 0.15) is 252 Å². The Kier molecular flexibility index (Phi) is 56.3. The van der Waals surface area contributed by atoms with Crippen LogP contribution in [-0.4, -0.2) is 66.5 Å². The van der Waals surface area contributed by atoms with Gasteiger partial charge >= 0.3 is 25.7 Å². The number of esters is 3. The summed E-state index contributed by atoms with van der Waals surface area (Å²) in [5.74, 6) is -1.59. The molecule has 3 unspecified atom stereocenters. The molecule has 0 aromatic rings. The van der Waals surface area contributed by atoms with Crippen LogP contribution < -0.4 is 0 Å². The molecule has 11 nitrogen and oxygen atoms in total. The van der Waals surface area contributed by atoms with Crippen LogP contribution in [0.4, 0.5) is 0 Å². The molecule has 0 aromatic heterocycles. The maximum atomic E-state index is 12.9. The van der Waals surface area contributed by atoms with Gasteiger partial charge in [0, 0.05) is 19.3 Å². The van der Waals surface area contributed by atoms with E-state index in [4.69, 9.17) is 23.3 Å². The zero-order valence-corrected chi connectivity index (χ0v) is 50.2. The molecule has 0 fully saturated rings. The van der Waals surface area contributed by atoms with Crippen molar-refractivity contribution in [1.29, 1.82) is 0 Å². The Balaban J connectivity index is 4.84. The van der Waals surface area contributed by atoms with Crippen LogP contribution in [-0.2, 0) is 42.2 Å². The summed E-state index contributed by atoms with van der Waals surface area (Å²) in [7, 11) is -4.78. The van der Waals surface area contributed by atoms with E-state index in [1.165, 1.54) is 77.0 Å². The number of aliphatic hydroxyl groups is 1. The summed E-state index contributed by atoms with van der Waals surface area (Å²) in [6.07, 6.45) is 71.9. The third kappa shape index (κ3) is 56.8. The fourth-order valence-corrected chi connectivity index (χ4v) is 8.78. The highest BCUT2D eigenvalue weighted by Crippen LogP contribution is 2.43. The van der Waals surface area contributed by atoms with Gasteiger partial charge in [-0.2, -0.15) is 0 Å². The van der Waals surface area contributed by atoms with Crippen molar-refractivity contribution in [2.24, 2.45) is 0 Å². The first-order chi connectivity index (χ1) is 38.2. The van der Waals surface area contributed by atoms with Crippen molar-refractivity contribution in [3.8, 4) is 0 Å². The van der Waals surface area contributed by atoms with Crippen molar-refractivity contribution < 1.29 is 52.2 Å². The first-order valence-electron chi connectivity index (χ1n) is 30.8. The molecular formula is C66H111O11P. The van der Waals surface area contributed by atoms with Gasteiger partial charge in [0.15, 0.2) is 6.10 Å². The lowest BCUT2D eigenvalue weighted by Gasteiger charge is -2.21. The number of carbonyl (C=O) groups excluding carboxylic acids is 3. The Bertz CT molecular complexity index is 1720. The van der Waals surface area contributed by atoms with Crippen LogP contribution in [0.2, 0.25) is 0 Å². The van der Waals surface area contributed by atoms with E-state index in [0.29, 0.717) is 19.3 Å². The van der Waals surface area contributed by atoms with Crippen LogP contribution in [0.5, 0.6) is 0 Å². The molecule has 0 aliphatic rings. The average molecular weight is 1110 g/mol. The van der Waals surface area contributed by atoms with Gasteiger partial charge in [0.2, 0.25) is 0 Å². The fraction of sp³-hybridized carbons (Fsp3) is 0.682. The number of hydrogen-bond acceptors (Lipinski definition) is 10. The quantitative estimate of drug-likeness (QED) is 0.0197. The third-order valence-corrected chi connectivity index (χ3v) is 13.6. The molecule has 0 spiro atoms. The zero-order valence-electron chi connectivity index (χ0n) is 49.3. The number of phosphoric ester groups is 1. The number of phosphoric acid groups is 1. The van der Waals surface area contributed by atoms with Crippen LogP contribution in [0, 0.1) is 0 Å². The van der Waals surface area contributed by atoms with Crippen molar-refractivity contribution in [2.45, 2.75) is 264 Å². The van der Waals surface area contributed by atoms with E-state index in [1.807, 2.05) is 12.2 Å². The number of allylic oxidation sites excluding steroid dienone is 18. The number of unbranched alkanes of at least 4 members (excludes halogenated alkanes) is 21. The predicted octanol–water partition coefficient (Wildman–Crippen LogP) is 18.6. The normalized spacial score (nSPS) is 14.1. The van der Waals surface area contributed by atoms with E-state index >= 15 is 0 Å². The fourth-order valence-electron chi connectivity index (χ4n) is 7.99. The van der Waals surface area contributed by atoms with E-state index in [9.17, 15) is 28.9 Å². The molecule has 2 N–H and O–H groups in total. The van der Waals surface area contributed by atoms with Crippen molar-refractivity contribution in [3.63, 3.8) is 0 Å². The maximum absolute atomic E-state index is 12.9. The SMILES string of the molecule is CC/C=C\C/C=C\C/C=C\C/C=C\C/C=C\C/C=C\CCC(=O)OCC(COP(=O)(O)OCC(CO)OC(=O)CCCCCCC/C=C\CCCCCCCC)OC(=O)CCCCCCCCC/C=C\C/C=C\CCCCC. The Morgan fingerprint density at radius 1 is 0.372 bits per heavy atom. The molecule has 0 saturated carbocycles. The number of aliphatic hydroxyl groups excluding tert-OH is 1. The zero-order chi connectivity index (χ0) is 56.9. The smallest absolute Gasteiger partial charge is 0.462 e. The first-order valence-corrected chi connectivity index (χ1v) is 32.3. The van der Waals surface area contributed by atoms with E-state index in [2.05, 4.69) is 118 Å². The highest BCUT2D eigenvalue weighted by molar-refractivity contribution is 7.47. The van der Waals surface area contributed by atoms with Crippen LogP contribution in [0.25, 0.3) is 0 Å². The van der Waals surface area contributed by atoms with E-state index in [1.54, 1.807) is 0 Å². The van der Waals surface area contributed by atoms with Gasteiger partial charge in [-0.15, -0.1) is 0 Å². The molecule has 0 radical (unpaired) electrons. The first kappa shape index (κ1) is 74.1. The molecular weight excluding hydrogens is 1000 g/mol. The minimum absolute atomic E-state index is 0.0946. The summed E-state index contributed by atoms with van der Waals surface area (Å²) in [4.78, 5) is 48.6. The summed E-state index contributed by atoms with van der Waals surface area (Å²) in [6, 6.07) is 0.